The molecule has 1 saturated carbocycles. The van der Waals surface area contributed by atoms with Crippen LogP contribution < -0.4 is 11.1 Å². The van der Waals surface area contributed by atoms with Crippen molar-refractivity contribution in [2.75, 3.05) is 13.1 Å². The third kappa shape index (κ3) is 1.94. The van der Waals surface area contributed by atoms with Crippen molar-refractivity contribution in [1.82, 2.24) is 5.32 Å². The van der Waals surface area contributed by atoms with Gasteiger partial charge in [-0.25, -0.2) is 0 Å². The number of hydrogen-bond donors (Lipinski definition) is 2. The molecular formula is C9H18N2. The van der Waals surface area contributed by atoms with Gasteiger partial charge in [0.15, 0.2) is 0 Å². The fraction of sp³-hybridized carbons (Fsp3) is 1.00. The van der Waals surface area contributed by atoms with Gasteiger partial charge in [-0.2, -0.15) is 0 Å². The van der Waals surface area contributed by atoms with Gasteiger partial charge in [-0.15, -0.1) is 0 Å². The number of rotatable bonds is 3. The monoisotopic (exact) mass is 154 g/mol. The van der Waals surface area contributed by atoms with Gasteiger partial charge in [-0.3, -0.25) is 0 Å². The Bertz CT molecular complexity index is 126. The molecule has 0 radical (unpaired) electrons. The molecule has 0 aromatic rings. The molecule has 1 heterocycles. The molecule has 2 nitrogen and oxygen atoms in total. The molecule has 2 fully saturated rings. The molecule has 1 saturated heterocycles. The average Bonchev–Trinajstić information content (AvgIpc) is 2.73. The Hall–Kier alpha value is -0.0800. The molecule has 1 aliphatic carbocycles. The van der Waals surface area contributed by atoms with Crippen LogP contribution in [0.1, 0.15) is 25.7 Å². The lowest BCUT2D eigenvalue weighted by Gasteiger charge is -2.14. The van der Waals surface area contributed by atoms with Gasteiger partial charge in [0.2, 0.25) is 0 Å². The molecule has 2 aliphatic rings. The van der Waals surface area contributed by atoms with Gasteiger partial charge >= 0.3 is 0 Å². The van der Waals surface area contributed by atoms with Crippen molar-refractivity contribution in [2.45, 2.75) is 31.7 Å². The normalized spacial score (nSPS) is 34.1. The lowest BCUT2D eigenvalue weighted by Crippen LogP contribution is -2.26. The van der Waals surface area contributed by atoms with Crippen molar-refractivity contribution in [3.8, 4) is 0 Å². The average molecular weight is 154 g/mol. The Morgan fingerprint density at radius 2 is 2.18 bits per heavy atom. The first-order valence-corrected chi connectivity index (χ1v) is 4.82. The minimum Gasteiger partial charge on any atom is -0.327 e. The maximum atomic E-state index is 6.03. The fourth-order valence-electron chi connectivity index (χ4n) is 2.02. The van der Waals surface area contributed by atoms with Crippen molar-refractivity contribution < 1.29 is 0 Å². The van der Waals surface area contributed by atoms with Crippen LogP contribution in [0, 0.1) is 11.8 Å². The van der Waals surface area contributed by atoms with E-state index in [0.29, 0.717) is 6.04 Å². The highest BCUT2D eigenvalue weighted by molar-refractivity contribution is 4.87. The summed E-state index contributed by atoms with van der Waals surface area (Å²) in [5, 5.41) is 3.38. The van der Waals surface area contributed by atoms with Crippen molar-refractivity contribution in [3.05, 3.63) is 0 Å². The van der Waals surface area contributed by atoms with Gasteiger partial charge in [-0.1, -0.05) is 0 Å². The van der Waals surface area contributed by atoms with Crippen LogP contribution in [0.15, 0.2) is 0 Å². The summed E-state index contributed by atoms with van der Waals surface area (Å²) in [5.41, 5.74) is 6.03. The van der Waals surface area contributed by atoms with Gasteiger partial charge in [0.05, 0.1) is 0 Å². The van der Waals surface area contributed by atoms with Crippen LogP contribution in [0.2, 0.25) is 0 Å². The zero-order valence-electron chi connectivity index (χ0n) is 7.05. The largest absolute Gasteiger partial charge is 0.327 e. The molecule has 0 bridgehead atoms. The molecule has 64 valence electrons. The Balaban J connectivity index is 1.70. The van der Waals surface area contributed by atoms with Crippen LogP contribution in [0.5, 0.6) is 0 Å². The smallest absolute Gasteiger partial charge is 0.00702 e. The lowest BCUT2D eigenvalue weighted by molar-refractivity contribution is 0.433. The van der Waals surface area contributed by atoms with Crippen molar-refractivity contribution in [3.63, 3.8) is 0 Å². The Labute approximate surface area is 68.5 Å². The number of nitrogens with two attached hydrogens (primary N) is 1. The Morgan fingerprint density at radius 3 is 2.73 bits per heavy atom. The van der Waals surface area contributed by atoms with E-state index in [1.54, 1.807) is 0 Å². The maximum absolute atomic E-state index is 6.03. The van der Waals surface area contributed by atoms with Gasteiger partial charge in [0.1, 0.15) is 0 Å². The van der Waals surface area contributed by atoms with Crippen LogP contribution in [0.25, 0.3) is 0 Å². The van der Waals surface area contributed by atoms with Crippen LogP contribution in [0.3, 0.4) is 0 Å². The van der Waals surface area contributed by atoms with Gasteiger partial charge < -0.3 is 11.1 Å². The SMILES string of the molecule is NC(CC1CCNC1)C1CC1. The van der Waals surface area contributed by atoms with E-state index in [4.69, 9.17) is 5.73 Å². The zero-order chi connectivity index (χ0) is 7.68. The molecule has 0 amide bonds. The number of hydrogen-bond acceptors (Lipinski definition) is 2. The molecule has 3 N–H and O–H groups in total. The summed E-state index contributed by atoms with van der Waals surface area (Å²) in [6.45, 7) is 2.42. The summed E-state index contributed by atoms with van der Waals surface area (Å²) in [6.07, 6.45) is 5.39. The fourth-order valence-corrected chi connectivity index (χ4v) is 2.02. The molecule has 1 aliphatic heterocycles. The summed E-state index contributed by atoms with van der Waals surface area (Å²) in [4.78, 5) is 0. The van der Waals surface area contributed by atoms with E-state index in [1.807, 2.05) is 0 Å². The van der Waals surface area contributed by atoms with E-state index in [9.17, 15) is 0 Å². The molecule has 11 heavy (non-hydrogen) atoms. The number of nitrogens with one attached hydrogen (secondary N) is 1. The van der Waals surface area contributed by atoms with Gasteiger partial charge in [0, 0.05) is 6.04 Å². The van der Waals surface area contributed by atoms with Crippen molar-refractivity contribution in [1.29, 1.82) is 0 Å². The minimum atomic E-state index is 0.514. The molecular weight excluding hydrogens is 136 g/mol. The Kier molecular flexibility index (Phi) is 2.14. The topological polar surface area (TPSA) is 38.0 Å². The molecule has 2 heteroatoms. The van der Waals surface area contributed by atoms with Gasteiger partial charge in [0.25, 0.3) is 0 Å². The van der Waals surface area contributed by atoms with Crippen LogP contribution >= 0.6 is 0 Å². The maximum Gasteiger partial charge on any atom is 0.00702 e. The van der Waals surface area contributed by atoms with E-state index in [2.05, 4.69) is 5.32 Å². The summed E-state index contributed by atoms with van der Waals surface area (Å²) in [6, 6.07) is 0.514. The van der Waals surface area contributed by atoms with E-state index in [1.165, 1.54) is 38.8 Å². The van der Waals surface area contributed by atoms with Gasteiger partial charge in [-0.05, 0) is 50.6 Å². The van der Waals surface area contributed by atoms with Crippen molar-refractivity contribution in [2.24, 2.45) is 17.6 Å². The predicted octanol–water partition coefficient (Wildman–Crippen LogP) is 0.723. The highest BCUT2D eigenvalue weighted by Gasteiger charge is 2.30. The summed E-state index contributed by atoms with van der Waals surface area (Å²) < 4.78 is 0. The van der Waals surface area contributed by atoms with Crippen LogP contribution in [-0.4, -0.2) is 19.1 Å². The second kappa shape index (κ2) is 3.11. The second-order valence-corrected chi connectivity index (χ2v) is 4.10. The molecule has 2 unspecified atom stereocenters. The Morgan fingerprint density at radius 1 is 1.36 bits per heavy atom. The quantitative estimate of drug-likeness (QED) is 0.628. The molecule has 0 aromatic carbocycles. The first-order valence-electron chi connectivity index (χ1n) is 4.82. The minimum absolute atomic E-state index is 0.514. The lowest BCUT2D eigenvalue weighted by atomic mass is 9.97. The van der Waals surface area contributed by atoms with E-state index < -0.39 is 0 Å². The first kappa shape index (κ1) is 7.56. The molecule has 2 rings (SSSR count). The second-order valence-electron chi connectivity index (χ2n) is 4.10. The zero-order valence-corrected chi connectivity index (χ0v) is 7.05. The van der Waals surface area contributed by atoms with Crippen LogP contribution in [0.4, 0.5) is 0 Å². The van der Waals surface area contributed by atoms with E-state index >= 15 is 0 Å². The third-order valence-corrected chi connectivity index (χ3v) is 3.00. The third-order valence-electron chi connectivity index (χ3n) is 3.00. The molecule has 2 atom stereocenters. The van der Waals surface area contributed by atoms with E-state index in [0.717, 1.165) is 11.8 Å². The summed E-state index contributed by atoms with van der Waals surface area (Å²) in [7, 11) is 0. The standard InChI is InChI=1S/C9H18N2/c10-9(8-1-2-8)5-7-3-4-11-6-7/h7-9,11H,1-6,10H2. The van der Waals surface area contributed by atoms with Crippen LogP contribution in [-0.2, 0) is 0 Å². The molecule has 0 aromatic heterocycles. The highest BCUT2D eigenvalue weighted by Crippen LogP contribution is 2.34. The summed E-state index contributed by atoms with van der Waals surface area (Å²) >= 11 is 0. The van der Waals surface area contributed by atoms with Crippen molar-refractivity contribution >= 4 is 0 Å². The summed E-state index contributed by atoms with van der Waals surface area (Å²) in [5.74, 6) is 1.76. The predicted molar refractivity (Wildman–Crippen MR) is 46.3 cm³/mol. The molecule has 0 spiro atoms. The van der Waals surface area contributed by atoms with E-state index in [-0.39, 0.29) is 0 Å². The highest BCUT2D eigenvalue weighted by atomic mass is 14.9. The first-order chi connectivity index (χ1) is 5.36.